The SMILES string of the molecule is CCOC(=O)c1cccc(-n2cc(C34CCC(OCc5c(-c6c(Cl)cccc6Cl)noc5C5CC5)(CC3)CC4)nn2)c1. The second kappa shape index (κ2) is 10.8. The number of ether oxygens (including phenoxy) is 2. The van der Waals surface area contributed by atoms with Crippen LogP contribution in [0.1, 0.15) is 91.6 Å². The Bertz CT molecular complexity index is 1600. The molecule has 4 aliphatic rings. The Labute approximate surface area is 254 Å². The van der Waals surface area contributed by atoms with Gasteiger partial charge in [-0.2, -0.15) is 0 Å². The van der Waals surface area contributed by atoms with Crippen LogP contribution in [0, 0.1) is 0 Å². The second-order valence-corrected chi connectivity index (χ2v) is 12.6. The molecule has 2 aromatic heterocycles. The molecular formula is C32H32Cl2N4O4. The van der Waals surface area contributed by atoms with Crippen LogP contribution in [0.4, 0.5) is 0 Å². The van der Waals surface area contributed by atoms with Gasteiger partial charge in [0.1, 0.15) is 11.5 Å². The maximum atomic E-state index is 12.2. The number of nitrogens with zero attached hydrogens (tertiary/aromatic N) is 4. The van der Waals surface area contributed by atoms with Gasteiger partial charge in [0, 0.05) is 22.5 Å². The summed E-state index contributed by atoms with van der Waals surface area (Å²) in [5.41, 5.74) is 4.44. The molecule has 8 rings (SSSR count). The maximum absolute atomic E-state index is 12.2. The fourth-order valence-corrected chi connectivity index (χ4v) is 7.22. The molecular weight excluding hydrogens is 575 g/mol. The molecule has 0 amide bonds. The van der Waals surface area contributed by atoms with Gasteiger partial charge < -0.3 is 14.0 Å². The standard InChI is InChI=1S/C32H32Cl2N4O4/c1-2-40-30(39)21-5-3-6-22(17-21)38-18-26(35-37-38)31-11-14-32(15-12-31,16-13-31)41-19-23-28(36-42-29(23)20-9-10-20)27-24(33)7-4-8-25(27)34/h3-8,17-18,20H,2,9-16,19H2,1H3. The molecule has 0 aliphatic heterocycles. The highest BCUT2D eigenvalue weighted by Crippen LogP contribution is 2.55. The summed E-state index contributed by atoms with van der Waals surface area (Å²) >= 11 is 13.1. The van der Waals surface area contributed by atoms with Crippen LogP contribution in [0.25, 0.3) is 16.9 Å². The smallest absolute Gasteiger partial charge is 0.338 e. The zero-order chi connectivity index (χ0) is 28.9. The Balaban J connectivity index is 1.07. The molecule has 4 aromatic rings. The van der Waals surface area contributed by atoms with Gasteiger partial charge in [0.15, 0.2) is 0 Å². The lowest BCUT2D eigenvalue weighted by molar-refractivity contribution is -0.127. The zero-order valence-electron chi connectivity index (χ0n) is 23.4. The number of aromatic nitrogens is 4. The van der Waals surface area contributed by atoms with E-state index in [0.29, 0.717) is 46.0 Å². The third-order valence-electron chi connectivity index (χ3n) is 9.33. The molecule has 218 valence electrons. The van der Waals surface area contributed by atoms with Crippen LogP contribution >= 0.6 is 23.2 Å². The van der Waals surface area contributed by atoms with Crippen LogP contribution in [-0.2, 0) is 21.5 Å². The molecule has 42 heavy (non-hydrogen) atoms. The predicted octanol–water partition coefficient (Wildman–Crippen LogP) is 7.84. The number of carbonyl (C=O) groups is 1. The van der Waals surface area contributed by atoms with E-state index in [1.807, 2.05) is 36.5 Å². The topological polar surface area (TPSA) is 92.3 Å². The van der Waals surface area contributed by atoms with Gasteiger partial charge in [-0.1, -0.05) is 45.7 Å². The van der Waals surface area contributed by atoms with E-state index in [0.717, 1.165) is 74.1 Å². The fourth-order valence-electron chi connectivity index (χ4n) is 6.65. The van der Waals surface area contributed by atoms with Gasteiger partial charge in [0.25, 0.3) is 0 Å². The fraction of sp³-hybridized carbons (Fsp3) is 0.438. The second-order valence-electron chi connectivity index (χ2n) is 11.8. The average molecular weight is 608 g/mol. The van der Waals surface area contributed by atoms with E-state index in [4.69, 9.17) is 37.2 Å². The van der Waals surface area contributed by atoms with Gasteiger partial charge in [-0.3, -0.25) is 0 Å². The number of hydrogen-bond donors (Lipinski definition) is 0. The first kappa shape index (κ1) is 27.6. The third-order valence-corrected chi connectivity index (χ3v) is 9.95. The lowest BCUT2D eigenvalue weighted by atomic mass is 9.57. The van der Waals surface area contributed by atoms with Crippen molar-refractivity contribution in [2.24, 2.45) is 0 Å². The normalized spacial score (nSPS) is 23.3. The molecule has 0 unspecified atom stereocenters. The van der Waals surface area contributed by atoms with Crippen LogP contribution in [0.5, 0.6) is 0 Å². The largest absolute Gasteiger partial charge is 0.462 e. The molecule has 0 atom stereocenters. The summed E-state index contributed by atoms with van der Waals surface area (Å²) in [6, 6.07) is 12.8. The Morgan fingerprint density at radius 2 is 1.76 bits per heavy atom. The number of carbonyl (C=O) groups excluding carboxylic acids is 1. The Hall–Kier alpha value is -3.20. The van der Waals surface area contributed by atoms with Gasteiger partial charge in [0.2, 0.25) is 0 Å². The molecule has 4 aliphatic carbocycles. The molecule has 2 aromatic carbocycles. The highest BCUT2D eigenvalue weighted by atomic mass is 35.5. The van der Waals surface area contributed by atoms with Gasteiger partial charge in [-0.15, -0.1) is 5.10 Å². The summed E-state index contributed by atoms with van der Waals surface area (Å²) in [6.07, 6.45) is 10.0. The minimum absolute atomic E-state index is 0.0191. The highest BCUT2D eigenvalue weighted by Gasteiger charge is 2.51. The third kappa shape index (κ3) is 4.93. The molecule has 8 nitrogen and oxygen atoms in total. The van der Waals surface area contributed by atoms with Crippen molar-refractivity contribution in [3.63, 3.8) is 0 Å². The van der Waals surface area contributed by atoms with E-state index < -0.39 is 0 Å². The Kier molecular flexibility index (Phi) is 7.11. The van der Waals surface area contributed by atoms with Crippen LogP contribution in [0.2, 0.25) is 10.0 Å². The summed E-state index contributed by atoms with van der Waals surface area (Å²) in [7, 11) is 0. The Morgan fingerprint density at radius 3 is 2.45 bits per heavy atom. The van der Waals surface area contributed by atoms with Gasteiger partial charge >= 0.3 is 5.97 Å². The van der Waals surface area contributed by atoms with E-state index >= 15 is 0 Å². The van der Waals surface area contributed by atoms with E-state index in [-0.39, 0.29) is 17.0 Å². The van der Waals surface area contributed by atoms with Gasteiger partial charge in [-0.25, -0.2) is 9.48 Å². The number of hydrogen-bond acceptors (Lipinski definition) is 7. The quantitative estimate of drug-likeness (QED) is 0.179. The minimum Gasteiger partial charge on any atom is -0.462 e. The number of fused-ring (bicyclic) bond motifs is 3. The van der Waals surface area contributed by atoms with Crippen molar-refractivity contribution in [1.29, 1.82) is 0 Å². The van der Waals surface area contributed by atoms with Crippen molar-refractivity contribution < 1.29 is 18.8 Å². The first-order valence-corrected chi connectivity index (χ1v) is 15.4. The molecule has 2 heterocycles. The van der Waals surface area contributed by atoms with Crippen molar-refractivity contribution in [1.82, 2.24) is 20.2 Å². The van der Waals surface area contributed by atoms with Crippen molar-refractivity contribution in [3.05, 3.63) is 81.3 Å². The molecule has 4 saturated carbocycles. The molecule has 2 bridgehead atoms. The Morgan fingerprint density at radius 1 is 1.05 bits per heavy atom. The average Bonchev–Trinajstić information content (AvgIpc) is 3.57. The highest BCUT2D eigenvalue weighted by molar-refractivity contribution is 6.39. The van der Waals surface area contributed by atoms with E-state index in [1.165, 1.54) is 0 Å². The number of benzene rings is 2. The van der Waals surface area contributed by atoms with Crippen molar-refractivity contribution in [3.8, 4) is 16.9 Å². The molecule has 0 spiro atoms. The summed E-state index contributed by atoms with van der Waals surface area (Å²) in [6.45, 7) is 2.56. The number of halogens is 2. The molecule has 4 fully saturated rings. The zero-order valence-corrected chi connectivity index (χ0v) is 25.0. The van der Waals surface area contributed by atoms with Gasteiger partial charge in [-0.05, 0) is 88.6 Å². The predicted molar refractivity (Wildman–Crippen MR) is 158 cm³/mol. The maximum Gasteiger partial charge on any atom is 0.338 e. The van der Waals surface area contributed by atoms with Crippen molar-refractivity contribution in [2.45, 2.75) is 81.8 Å². The molecule has 0 N–H and O–H groups in total. The van der Waals surface area contributed by atoms with Crippen molar-refractivity contribution >= 4 is 29.2 Å². The molecule has 0 radical (unpaired) electrons. The number of rotatable bonds is 9. The number of esters is 1. The first-order valence-electron chi connectivity index (χ1n) is 14.7. The van der Waals surface area contributed by atoms with E-state index in [1.54, 1.807) is 23.7 Å². The first-order chi connectivity index (χ1) is 20.4. The summed E-state index contributed by atoms with van der Waals surface area (Å²) in [5.74, 6) is 0.947. The molecule has 10 heteroatoms. The van der Waals surface area contributed by atoms with Crippen LogP contribution < -0.4 is 0 Å². The van der Waals surface area contributed by atoms with Crippen LogP contribution in [0.3, 0.4) is 0 Å². The van der Waals surface area contributed by atoms with E-state index in [2.05, 4.69) is 15.5 Å². The van der Waals surface area contributed by atoms with Crippen LogP contribution in [0.15, 0.2) is 53.2 Å². The lowest BCUT2D eigenvalue weighted by Gasteiger charge is -2.52. The minimum atomic E-state index is -0.341. The summed E-state index contributed by atoms with van der Waals surface area (Å²) in [4.78, 5) is 12.2. The monoisotopic (exact) mass is 606 g/mol. The van der Waals surface area contributed by atoms with E-state index in [9.17, 15) is 4.79 Å². The summed E-state index contributed by atoms with van der Waals surface area (Å²) < 4.78 is 19.6. The van der Waals surface area contributed by atoms with Crippen LogP contribution in [-0.4, -0.2) is 38.3 Å². The molecule has 0 saturated heterocycles. The van der Waals surface area contributed by atoms with Gasteiger partial charge in [0.05, 0.1) is 52.0 Å². The summed E-state index contributed by atoms with van der Waals surface area (Å²) in [5, 5.41) is 14.6. The van der Waals surface area contributed by atoms with Crippen molar-refractivity contribution in [2.75, 3.05) is 6.61 Å². The lowest BCUT2D eigenvalue weighted by Crippen LogP contribution is -2.49.